The lowest BCUT2D eigenvalue weighted by molar-refractivity contribution is -0.137. The molecule has 23 heavy (non-hydrogen) atoms. The third-order valence-corrected chi connectivity index (χ3v) is 4.26. The molecule has 0 aliphatic heterocycles. The van der Waals surface area contributed by atoms with Gasteiger partial charge in [-0.2, -0.15) is 0 Å². The summed E-state index contributed by atoms with van der Waals surface area (Å²) >= 11 is 0. The Morgan fingerprint density at radius 1 is 1.09 bits per heavy atom. The first-order valence-electron chi connectivity index (χ1n) is 8.89. The number of carboxylic acids is 1. The number of hydrogen-bond acceptors (Lipinski definition) is 2. The minimum absolute atomic E-state index is 0.0843. The summed E-state index contributed by atoms with van der Waals surface area (Å²) in [6.07, 6.45) is 20.5. The smallest absolute Gasteiger partial charge is 0.303 e. The molecule has 0 radical (unpaired) electrons. The molecule has 0 fully saturated rings. The van der Waals surface area contributed by atoms with Gasteiger partial charge in [0.25, 0.3) is 0 Å². The van der Waals surface area contributed by atoms with Gasteiger partial charge >= 0.3 is 5.97 Å². The van der Waals surface area contributed by atoms with Crippen molar-refractivity contribution in [2.45, 2.75) is 64.7 Å². The van der Waals surface area contributed by atoms with Crippen LogP contribution in [0, 0.1) is 11.8 Å². The quantitative estimate of drug-likeness (QED) is 0.403. The molecule has 0 saturated heterocycles. The van der Waals surface area contributed by atoms with Crippen molar-refractivity contribution < 1.29 is 14.7 Å². The zero-order valence-corrected chi connectivity index (χ0v) is 14.2. The van der Waals surface area contributed by atoms with Crippen molar-refractivity contribution >= 4 is 11.8 Å². The van der Waals surface area contributed by atoms with E-state index in [0.29, 0.717) is 12.3 Å². The van der Waals surface area contributed by atoms with Crippen LogP contribution in [0.25, 0.3) is 0 Å². The van der Waals surface area contributed by atoms with Gasteiger partial charge in [-0.05, 0) is 50.5 Å². The maximum atomic E-state index is 12.0. The van der Waals surface area contributed by atoms with Gasteiger partial charge in [0.1, 0.15) is 0 Å². The van der Waals surface area contributed by atoms with Crippen LogP contribution in [0.3, 0.4) is 0 Å². The minimum atomic E-state index is -0.742. The number of ketones is 1. The molecular formula is C20H30O3. The van der Waals surface area contributed by atoms with Crippen molar-refractivity contribution in [3.05, 3.63) is 36.5 Å². The third-order valence-electron chi connectivity index (χ3n) is 4.26. The Morgan fingerprint density at radius 2 is 1.78 bits per heavy atom. The van der Waals surface area contributed by atoms with Crippen LogP contribution in [0.4, 0.5) is 0 Å². The van der Waals surface area contributed by atoms with Crippen LogP contribution in [-0.2, 0) is 9.59 Å². The zero-order chi connectivity index (χ0) is 16.9. The van der Waals surface area contributed by atoms with Gasteiger partial charge in [0, 0.05) is 12.3 Å². The van der Waals surface area contributed by atoms with Crippen molar-refractivity contribution in [1.82, 2.24) is 0 Å². The molecule has 0 saturated carbocycles. The second-order valence-electron chi connectivity index (χ2n) is 6.23. The molecule has 0 heterocycles. The molecule has 3 nitrogen and oxygen atoms in total. The Morgan fingerprint density at radius 3 is 2.48 bits per heavy atom. The van der Waals surface area contributed by atoms with E-state index in [0.717, 1.165) is 25.7 Å². The van der Waals surface area contributed by atoms with Crippen LogP contribution in [0.15, 0.2) is 36.5 Å². The highest BCUT2D eigenvalue weighted by molar-refractivity contribution is 5.94. The fraction of sp³-hybridized carbons (Fsp3) is 0.600. The summed E-state index contributed by atoms with van der Waals surface area (Å²) in [5.41, 5.74) is 0. The van der Waals surface area contributed by atoms with Gasteiger partial charge in [-0.25, -0.2) is 0 Å². The molecule has 0 spiro atoms. The highest BCUT2D eigenvalue weighted by Crippen LogP contribution is 2.29. The number of unbranched alkanes of at least 4 members (excludes halogenated alkanes) is 4. The molecule has 1 rings (SSSR count). The van der Waals surface area contributed by atoms with Crippen molar-refractivity contribution in [2.75, 3.05) is 0 Å². The monoisotopic (exact) mass is 318 g/mol. The lowest BCUT2D eigenvalue weighted by atomic mass is 9.88. The Bertz CT molecular complexity index is 446. The summed E-state index contributed by atoms with van der Waals surface area (Å²) in [6.45, 7) is 2.20. The predicted molar refractivity (Wildman–Crippen MR) is 94.3 cm³/mol. The van der Waals surface area contributed by atoms with Crippen molar-refractivity contribution in [3.63, 3.8) is 0 Å². The lowest BCUT2D eigenvalue weighted by Gasteiger charge is -2.14. The van der Waals surface area contributed by atoms with Crippen LogP contribution in [0.5, 0.6) is 0 Å². The molecule has 1 aliphatic rings. The van der Waals surface area contributed by atoms with Crippen molar-refractivity contribution in [2.24, 2.45) is 11.8 Å². The fourth-order valence-corrected chi connectivity index (χ4v) is 2.84. The first-order chi connectivity index (χ1) is 11.1. The second kappa shape index (κ2) is 11.9. The Kier molecular flexibility index (Phi) is 10.0. The van der Waals surface area contributed by atoms with E-state index in [1.807, 2.05) is 12.2 Å². The van der Waals surface area contributed by atoms with Crippen LogP contribution >= 0.6 is 0 Å². The molecule has 1 N–H and O–H groups in total. The fourth-order valence-electron chi connectivity index (χ4n) is 2.84. The SMILES string of the molecule is CCCCC/C=C\CC1C(=O)C=CC1C/C=C\CCCC(=O)O. The van der Waals surface area contributed by atoms with E-state index in [2.05, 4.69) is 25.2 Å². The molecule has 0 aromatic heterocycles. The van der Waals surface area contributed by atoms with E-state index in [1.165, 1.54) is 19.3 Å². The van der Waals surface area contributed by atoms with Gasteiger partial charge in [0.2, 0.25) is 0 Å². The summed E-state index contributed by atoms with van der Waals surface area (Å²) in [7, 11) is 0. The Labute approximate surface area is 140 Å². The molecule has 3 heteroatoms. The van der Waals surface area contributed by atoms with Crippen LogP contribution in [0.2, 0.25) is 0 Å². The lowest BCUT2D eigenvalue weighted by Crippen LogP contribution is -2.14. The molecule has 128 valence electrons. The minimum Gasteiger partial charge on any atom is -0.481 e. The van der Waals surface area contributed by atoms with E-state index in [4.69, 9.17) is 5.11 Å². The number of hydrogen-bond donors (Lipinski definition) is 1. The molecule has 0 aromatic carbocycles. The van der Waals surface area contributed by atoms with E-state index < -0.39 is 5.97 Å². The van der Waals surface area contributed by atoms with Gasteiger partial charge in [-0.3, -0.25) is 9.59 Å². The number of aliphatic carboxylic acids is 1. The van der Waals surface area contributed by atoms with Crippen LogP contribution in [0.1, 0.15) is 64.7 Å². The maximum Gasteiger partial charge on any atom is 0.303 e. The van der Waals surface area contributed by atoms with Crippen molar-refractivity contribution in [1.29, 1.82) is 0 Å². The summed E-state index contributed by atoms with van der Waals surface area (Å²) in [6, 6.07) is 0. The van der Waals surface area contributed by atoms with E-state index in [9.17, 15) is 9.59 Å². The van der Waals surface area contributed by atoms with Crippen molar-refractivity contribution in [3.8, 4) is 0 Å². The number of carbonyl (C=O) groups excluding carboxylic acids is 1. The first-order valence-corrected chi connectivity index (χ1v) is 8.89. The summed E-state index contributed by atoms with van der Waals surface area (Å²) in [5, 5.41) is 8.58. The average molecular weight is 318 g/mol. The topological polar surface area (TPSA) is 54.4 Å². The Hall–Kier alpha value is -1.64. The first kappa shape index (κ1) is 19.4. The molecule has 0 amide bonds. The van der Waals surface area contributed by atoms with E-state index in [-0.39, 0.29) is 18.1 Å². The standard InChI is InChI=1S/C20H30O3/c1-2-3-4-5-6-10-13-18-17(15-16-19(18)21)12-9-7-8-11-14-20(22)23/h6-7,9-10,15-18H,2-5,8,11-14H2,1H3,(H,22,23)/b9-7-,10-6-. The predicted octanol–water partition coefficient (Wildman–Crippen LogP) is 5.09. The molecule has 0 bridgehead atoms. The Balaban J connectivity index is 2.27. The molecule has 0 aromatic rings. The largest absolute Gasteiger partial charge is 0.481 e. The van der Waals surface area contributed by atoms with E-state index >= 15 is 0 Å². The van der Waals surface area contributed by atoms with Gasteiger partial charge in [-0.1, -0.05) is 50.1 Å². The van der Waals surface area contributed by atoms with Crippen LogP contribution < -0.4 is 0 Å². The van der Waals surface area contributed by atoms with Gasteiger partial charge in [0.15, 0.2) is 5.78 Å². The third kappa shape index (κ3) is 8.53. The average Bonchev–Trinajstić information content (AvgIpc) is 2.86. The number of allylic oxidation sites excluding steroid dienone is 6. The van der Waals surface area contributed by atoms with E-state index in [1.54, 1.807) is 6.08 Å². The summed E-state index contributed by atoms with van der Waals surface area (Å²) < 4.78 is 0. The van der Waals surface area contributed by atoms with Crippen LogP contribution in [-0.4, -0.2) is 16.9 Å². The highest BCUT2D eigenvalue weighted by Gasteiger charge is 2.27. The molecule has 2 unspecified atom stereocenters. The van der Waals surface area contributed by atoms with Gasteiger partial charge < -0.3 is 5.11 Å². The van der Waals surface area contributed by atoms with Gasteiger partial charge in [-0.15, -0.1) is 0 Å². The number of carbonyl (C=O) groups is 2. The molecule has 1 aliphatic carbocycles. The molecular weight excluding hydrogens is 288 g/mol. The normalized spacial score (nSPS) is 21.0. The van der Waals surface area contributed by atoms with Gasteiger partial charge in [0.05, 0.1) is 0 Å². The summed E-state index contributed by atoms with van der Waals surface area (Å²) in [5.74, 6) is -0.124. The highest BCUT2D eigenvalue weighted by atomic mass is 16.4. The molecule has 2 atom stereocenters. The second-order valence-corrected chi connectivity index (χ2v) is 6.23. The number of rotatable bonds is 12. The summed E-state index contributed by atoms with van der Waals surface area (Å²) in [4.78, 5) is 22.4. The number of carboxylic acid groups (broad SMARTS) is 1. The zero-order valence-electron chi connectivity index (χ0n) is 14.2. The maximum absolute atomic E-state index is 12.0.